The molecule has 5 amide bonds. The van der Waals surface area contributed by atoms with E-state index < -0.39 is 48.2 Å². The summed E-state index contributed by atoms with van der Waals surface area (Å²) in [5.74, 6) is -3.19. The molecule has 8 N–H and O–H groups in total. The second-order valence-electron chi connectivity index (χ2n) is 9.26. The maximum atomic E-state index is 13.2. The van der Waals surface area contributed by atoms with Crippen LogP contribution in [0, 0.1) is 5.92 Å². The van der Waals surface area contributed by atoms with E-state index in [9.17, 15) is 24.0 Å². The van der Waals surface area contributed by atoms with Crippen molar-refractivity contribution in [1.29, 1.82) is 0 Å². The van der Waals surface area contributed by atoms with E-state index in [4.69, 9.17) is 16.2 Å². The molecule has 0 spiro atoms. The van der Waals surface area contributed by atoms with E-state index in [-0.39, 0.29) is 29.7 Å². The Kier molecular flexibility index (Phi) is 11.8. The van der Waals surface area contributed by atoms with Gasteiger partial charge in [0.25, 0.3) is 5.91 Å². The number of benzene rings is 1. The molecule has 2 rings (SSSR count). The molecular formula is C25H38N6O6. The molecule has 0 aromatic heterocycles. The average molecular weight is 519 g/mol. The number of rotatable bonds is 7. The Hall–Kier alpha value is -3.67. The minimum Gasteiger partial charge on any atom is -0.493 e. The monoisotopic (exact) mass is 518 g/mol. The van der Waals surface area contributed by atoms with Crippen molar-refractivity contribution in [1.82, 2.24) is 21.3 Å². The molecule has 0 unspecified atom stereocenters. The normalized spacial score (nSPS) is 22.0. The summed E-state index contributed by atoms with van der Waals surface area (Å²) in [5.41, 5.74) is 11.1. The third-order valence-corrected chi connectivity index (χ3v) is 5.86. The topological polar surface area (TPSA) is 195 Å². The first kappa shape index (κ1) is 29.6. The van der Waals surface area contributed by atoms with E-state index >= 15 is 0 Å². The molecule has 1 aromatic rings. The van der Waals surface area contributed by atoms with Gasteiger partial charge in [0.1, 0.15) is 23.9 Å². The van der Waals surface area contributed by atoms with Crippen molar-refractivity contribution in [3.05, 3.63) is 29.8 Å². The molecule has 0 fully saturated rings. The summed E-state index contributed by atoms with van der Waals surface area (Å²) in [6.07, 6.45) is 1.66. The van der Waals surface area contributed by atoms with Crippen LogP contribution in [0.1, 0.15) is 56.3 Å². The van der Waals surface area contributed by atoms with Gasteiger partial charge < -0.3 is 37.5 Å². The molecule has 1 aliphatic rings. The van der Waals surface area contributed by atoms with E-state index in [1.807, 2.05) is 0 Å². The van der Waals surface area contributed by atoms with Gasteiger partial charge in [-0.25, -0.2) is 0 Å². The maximum Gasteiger partial charge on any atom is 0.255 e. The van der Waals surface area contributed by atoms with Crippen molar-refractivity contribution in [2.45, 2.75) is 64.1 Å². The van der Waals surface area contributed by atoms with Crippen LogP contribution in [0.15, 0.2) is 24.3 Å². The summed E-state index contributed by atoms with van der Waals surface area (Å²) in [6.45, 7) is 4.41. The predicted octanol–water partition coefficient (Wildman–Crippen LogP) is -0.686. The van der Waals surface area contributed by atoms with Gasteiger partial charge in [-0.2, -0.15) is 0 Å². The SMILES string of the molecule is CC(C)[C@H]1NC(=O)[C@H](CC(N)=O)NC(=O)c2ccccc2OCCCNC(=O)[C@H](CCCCN)NC1=O. The highest BCUT2D eigenvalue weighted by Gasteiger charge is 2.32. The second-order valence-corrected chi connectivity index (χ2v) is 9.26. The first-order chi connectivity index (χ1) is 17.6. The van der Waals surface area contributed by atoms with E-state index in [2.05, 4.69) is 21.3 Å². The van der Waals surface area contributed by atoms with Crippen LogP contribution in [-0.4, -0.2) is 67.4 Å². The van der Waals surface area contributed by atoms with Crippen molar-refractivity contribution < 1.29 is 28.7 Å². The Morgan fingerprint density at radius 1 is 1.00 bits per heavy atom. The molecule has 1 aromatic carbocycles. The summed E-state index contributed by atoms with van der Waals surface area (Å²) in [4.78, 5) is 63.9. The number of primary amides is 1. The molecular weight excluding hydrogens is 480 g/mol. The fourth-order valence-corrected chi connectivity index (χ4v) is 3.83. The Morgan fingerprint density at radius 3 is 2.41 bits per heavy atom. The van der Waals surface area contributed by atoms with Crippen LogP contribution < -0.4 is 37.5 Å². The summed E-state index contributed by atoms with van der Waals surface area (Å²) in [5, 5.41) is 10.7. The number of ether oxygens (including phenoxy) is 1. The molecule has 0 saturated heterocycles. The van der Waals surface area contributed by atoms with Crippen molar-refractivity contribution in [2.24, 2.45) is 17.4 Å². The van der Waals surface area contributed by atoms with Crippen molar-refractivity contribution in [3.63, 3.8) is 0 Å². The molecule has 204 valence electrons. The number of para-hydroxylation sites is 1. The van der Waals surface area contributed by atoms with Crippen LogP contribution >= 0.6 is 0 Å². The second kappa shape index (κ2) is 14.8. The lowest BCUT2D eigenvalue weighted by atomic mass is 10.0. The first-order valence-electron chi connectivity index (χ1n) is 12.5. The molecule has 12 nitrogen and oxygen atoms in total. The Labute approximate surface area is 216 Å². The van der Waals surface area contributed by atoms with Gasteiger partial charge in [0, 0.05) is 6.54 Å². The number of nitrogens with two attached hydrogens (primary N) is 2. The van der Waals surface area contributed by atoms with Gasteiger partial charge in [-0.1, -0.05) is 26.0 Å². The molecule has 1 aliphatic heterocycles. The van der Waals surface area contributed by atoms with Gasteiger partial charge in [-0.15, -0.1) is 0 Å². The lowest BCUT2D eigenvalue weighted by Gasteiger charge is -2.27. The lowest BCUT2D eigenvalue weighted by molar-refractivity contribution is -0.134. The number of unbranched alkanes of at least 4 members (excludes halogenated alkanes) is 1. The van der Waals surface area contributed by atoms with Gasteiger partial charge in [0.05, 0.1) is 18.6 Å². The van der Waals surface area contributed by atoms with Crippen LogP contribution in [0.3, 0.4) is 0 Å². The summed E-state index contributed by atoms with van der Waals surface area (Å²) >= 11 is 0. The van der Waals surface area contributed by atoms with Crippen LogP contribution in [0.5, 0.6) is 5.75 Å². The molecule has 12 heteroatoms. The van der Waals surface area contributed by atoms with Gasteiger partial charge in [0.2, 0.25) is 23.6 Å². The number of amides is 5. The number of fused-ring (bicyclic) bond motifs is 1. The Morgan fingerprint density at radius 2 is 1.73 bits per heavy atom. The zero-order chi connectivity index (χ0) is 27.4. The highest BCUT2D eigenvalue weighted by molar-refractivity contribution is 6.01. The molecule has 37 heavy (non-hydrogen) atoms. The van der Waals surface area contributed by atoms with Crippen LogP contribution in [0.25, 0.3) is 0 Å². The standard InChI is InChI=1S/C25H38N6O6/c1-15(2)21-25(36)29-17(9-5-6-11-26)23(34)28-12-7-13-37-19-10-4-3-8-16(19)22(33)30-18(14-20(27)32)24(35)31-21/h3-4,8,10,15,17-18,21H,5-7,9,11-14,26H2,1-2H3,(H2,27,32)(H,28,34)(H,29,36)(H,30,33)(H,31,35)/t17-,18-,21+/m0/s1. The largest absolute Gasteiger partial charge is 0.493 e. The average Bonchev–Trinajstić information content (AvgIpc) is 2.85. The summed E-state index contributed by atoms with van der Waals surface area (Å²) in [7, 11) is 0. The Bertz CT molecular complexity index is 969. The predicted molar refractivity (Wildman–Crippen MR) is 136 cm³/mol. The van der Waals surface area contributed by atoms with Crippen LogP contribution in [0.2, 0.25) is 0 Å². The summed E-state index contributed by atoms with van der Waals surface area (Å²) in [6, 6.07) is 3.28. The highest BCUT2D eigenvalue weighted by Crippen LogP contribution is 2.18. The molecule has 0 bridgehead atoms. The number of carbonyl (C=O) groups is 5. The minimum atomic E-state index is -1.33. The smallest absolute Gasteiger partial charge is 0.255 e. The number of hydrogen-bond donors (Lipinski definition) is 6. The molecule has 0 aliphatic carbocycles. The van der Waals surface area contributed by atoms with Gasteiger partial charge in [-0.05, 0) is 50.3 Å². The van der Waals surface area contributed by atoms with Crippen molar-refractivity contribution in [3.8, 4) is 5.75 Å². The van der Waals surface area contributed by atoms with Gasteiger partial charge >= 0.3 is 0 Å². The fraction of sp³-hybridized carbons (Fsp3) is 0.560. The van der Waals surface area contributed by atoms with Crippen LogP contribution in [-0.2, 0) is 19.2 Å². The first-order valence-corrected chi connectivity index (χ1v) is 12.5. The van der Waals surface area contributed by atoms with Crippen molar-refractivity contribution >= 4 is 29.5 Å². The minimum absolute atomic E-state index is 0.163. The van der Waals surface area contributed by atoms with Crippen molar-refractivity contribution in [2.75, 3.05) is 19.7 Å². The summed E-state index contributed by atoms with van der Waals surface area (Å²) < 4.78 is 5.75. The number of nitrogens with one attached hydrogen (secondary N) is 4. The third kappa shape index (κ3) is 9.37. The van der Waals surface area contributed by atoms with Gasteiger partial charge in [0.15, 0.2) is 0 Å². The molecule has 0 saturated carbocycles. The maximum absolute atomic E-state index is 13.2. The van der Waals surface area contributed by atoms with Crippen LogP contribution in [0.4, 0.5) is 0 Å². The van der Waals surface area contributed by atoms with Gasteiger partial charge in [-0.3, -0.25) is 24.0 Å². The lowest BCUT2D eigenvalue weighted by Crippen LogP contribution is -2.58. The van der Waals surface area contributed by atoms with E-state index in [0.717, 1.165) is 0 Å². The Balaban J connectivity index is 2.38. The fourth-order valence-electron chi connectivity index (χ4n) is 3.83. The van der Waals surface area contributed by atoms with E-state index in [1.54, 1.807) is 32.0 Å². The molecule has 1 heterocycles. The zero-order valence-electron chi connectivity index (χ0n) is 21.4. The highest BCUT2D eigenvalue weighted by atomic mass is 16.5. The number of hydrogen-bond acceptors (Lipinski definition) is 7. The number of carbonyl (C=O) groups excluding carboxylic acids is 5. The third-order valence-electron chi connectivity index (χ3n) is 5.86. The quantitative estimate of drug-likeness (QED) is 0.257. The van der Waals surface area contributed by atoms with E-state index in [1.165, 1.54) is 6.07 Å². The zero-order valence-corrected chi connectivity index (χ0v) is 21.4. The molecule has 3 atom stereocenters. The molecule has 0 radical (unpaired) electrons. The van der Waals surface area contributed by atoms with E-state index in [0.29, 0.717) is 38.8 Å².